The van der Waals surface area contributed by atoms with E-state index in [0.717, 1.165) is 56.8 Å². The number of anilines is 1. The lowest BCUT2D eigenvalue weighted by Crippen LogP contribution is -2.47. The molecule has 2 fully saturated rings. The molecular formula is C20H25N3O2. The van der Waals surface area contributed by atoms with E-state index in [0.29, 0.717) is 12.5 Å². The number of rotatable bonds is 3. The van der Waals surface area contributed by atoms with Crippen molar-refractivity contribution in [3.63, 3.8) is 0 Å². The van der Waals surface area contributed by atoms with E-state index in [1.54, 1.807) is 7.11 Å². The van der Waals surface area contributed by atoms with Crippen molar-refractivity contribution < 1.29 is 9.53 Å². The summed E-state index contributed by atoms with van der Waals surface area (Å²) < 4.78 is 5.45. The molecule has 1 aliphatic carbocycles. The number of carbonyl (C=O) groups is 1. The van der Waals surface area contributed by atoms with Crippen molar-refractivity contribution in [3.05, 3.63) is 23.8 Å². The lowest BCUT2D eigenvalue weighted by molar-refractivity contribution is -0.124. The topological polar surface area (TPSA) is 56.6 Å². The number of piperidine rings is 1. The van der Waals surface area contributed by atoms with Crippen molar-refractivity contribution in [1.82, 2.24) is 4.90 Å². The molecule has 132 valence electrons. The minimum absolute atomic E-state index is 0.00916. The molecule has 0 bridgehead atoms. The van der Waals surface area contributed by atoms with Gasteiger partial charge in [-0.1, -0.05) is 6.42 Å². The number of nitrogens with zero attached hydrogens (tertiary/aromatic N) is 3. The highest BCUT2D eigenvalue weighted by atomic mass is 16.5. The highest BCUT2D eigenvalue weighted by Crippen LogP contribution is 2.49. The highest BCUT2D eigenvalue weighted by molar-refractivity contribution is 5.98. The molecule has 1 spiro atoms. The van der Waals surface area contributed by atoms with Crippen LogP contribution in [0, 0.1) is 17.2 Å². The van der Waals surface area contributed by atoms with Crippen LogP contribution in [0.1, 0.15) is 37.7 Å². The van der Waals surface area contributed by atoms with Crippen LogP contribution in [0.4, 0.5) is 5.69 Å². The number of nitriles is 1. The molecular weight excluding hydrogens is 314 g/mol. The third-order valence-electron chi connectivity index (χ3n) is 6.35. The molecule has 5 nitrogen and oxygen atoms in total. The van der Waals surface area contributed by atoms with Gasteiger partial charge in [0.1, 0.15) is 5.75 Å². The van der Waals surface area contributed by atoms with Crippen molar-refractivity contribution in [2.24, 2.45) is 5.92 Å². The van der Waals surface area contributed by atoms with Gasteiger partial charge in [0.25, 0.3) is 0 Å². The number of fused-ring (bicyclic) bond motifs is 2. The predicted molar refractivity (Wildman–Crippen MR) is 95.7 cm³/mol. The fourth-order valence-corrected chi connectivity index (χ4v) is 4.51. The molecule has 0 aromatic heterocycles. The minimum atomic E-state index is 0.00916. The number of amides is 1. The van der Waals surface area contributed by atoms with Crippen LogP contribution in [-0.2, 0) is 10.2 Å². The first-order valence-electron chi connectivity index (χ1n) is 9.26. The second-order valence-electron chi connectivity index (χ2n) is 7.65. The molecule has 1 saturated carbocycles. The summed E-state index contributed by atoms with van der Waals surface area (Å²) in [6.07, 6.45) is 5.22. The third kappa shape index (κ3) is 2.69. The Kier molecular flexibility index (Phi) is 4.16. The van der Waals surface area contributed by atoms with Crippen molar-refractivity contribution in [3.8, 4) is 11.8 Å². The van der Waals surface area contributed by atoms with Gasteiger partial charge in [0.2, 0.25) is 5.91 Å². The summed E-state index contributed by atoms with van der Waals surface area (Å²) in [7, 11) is 1.69. The van der Waals surface area contributed by atoms with E-state index in [1.165, 1.54) is 12.0 Å². The van der Waals surface area contributed by atoms with Crippen LogP contribution < -0.4 is 9.64 Å². The smallest absolute Gasteiger partial charge is 0.230 e. The lowest BCUT2D eigenvalue weighted by atomic mass is 9.74. The first-order valence-corrected chi connectivity index (χ1v) is 9.26. The standard InChI is InChI=1S/C20H25N3O2/c1-25-16-5-6-18-17(13-16)20(7-10-22(11-8-20)12-9-21)14-23(18)19(24)15-3-2-4-15/h5-6,13,15H,2-4,7-8,10-12,14H2,1H3. The zero-order valence-corrected chi connectivity index (χ0v) is 14.8. The van der Waals surface area contributed by atoms with Crippen molar-refractivity contribution in [2.75, 3.05) is 38.2 Å². The predicted octanol–water partition coefficient (Wildman–Crippen LogP) is 2.70. The Morgan fingerprint density at radius 2 is 2.12 bits per heavy atom. The maximum Gasteiger partial charge on any atom is 0.230 e. The number of methoxy groups -OCH3 is 1. The zero-order chi connectivity index (χ0) is 17.4. The van der Waals surface area contributed by atoms with E-state index in [9.17, 15) is 4.79 Å². The molecule has 25 heavy (non-hydrogen) atoms. The van der Waals surface area contributed by atoms with Crippen LogP contribution in [0.2, 0.25) is 0 Å². The summed E-state index contributed by atoms with van der Waals surface area (Å²) in [6, 6.07) is 8.40. The second kappa shape index (κ2) is 6.34. The Labute approximate surface area is 149 Å². The molecule has 0 N–H and O–H groups in total. The molecule has 1 aromatic rings. The lowest BCUT2D eigenvalue weighted by Gasteiger charge is -2.39. The van der Waals surface area contributed by atoms with Crippen molar-refractivity contribution >= 4 is 11.6 Å². The van der Waals surface area contributed by atoms with Gasteiger partial charge in [-0.25, -0.2) is 0 Å². The second-order valence-corrected chi connectivity index (χ2v) is 7.65. The van der Waals surface area contributed by atoms with Gasteiger partial charge in [-0.15, -0.1) is 0 Å². The van der Waals surface area contributed by atoms with Crippen LogP contribution in [0.15, 0.2) is 18.2 Å². The monoisotopic (exact) mass is 339 g/mol. The molecule has 1 aromatic carbocycles. The van der Waals surface area contributed by atoms with Crippen LogP contribution >= 0.6 is 0 Å². The Morgan fingerprint density at radius 1 is 1.36 bits per heavy atom. The summed E-state index contributed by atoms with van der Waals surface area (Å²) in [5, 5.41) is 8.95. The van der Waals surface area contributed by atoms with Crippen molar-refractivity contribution in [2.45, 2.75) is 37.5 Å². The van der Waals surface area contributed by atoms with Gasteiger partial charge in [0.05, 0.1) is 19.7 Å². The largest absolute Gasteiger partial charge is 0.497 e. The van der Waals surface area contributed by atoms with Crippen LogP contribution in [-0.4, -0.2) is 44.1 Å². The average molecular weight is 339 g/mol. The molecule has 0 radical (unpaired) electrons. The summed E-state index contributed by atoms with van der Waals surface area (Å²) in [5.74, 6) is 1.37. The van der Waals surface area contributed by atoms with Crippen LogP contribution in [0.25, 0.3) is 0 Å². The number of likely N-dealkylation sites (tertiary alicyclic amines) is 1. The fraction of sp³-hybridized carbons (Fsp3) is 0.600. The third-order valence-corrected chi connectivity index (χ3v) is 6.35. The number of hydrogen-bond donors (Lipinski definition) is 0. The first kappa shape index (κ1) is 16.4. The number of ether oxygens (including phenoxy) is 1. The quantitative estimate of drug-likeness (QED) is 0.795. The van der Waals surface area contributed by atoms with Crippen LogP contribution in [0.3, 0.4) is 0 Å². The average Bonchev–Trinajstić information content (AvgIpc) is 2.90. The van der Waals surface area contributed by atoms with E-state index in [1.807, 2.05) is 11.0 Å². The summed E-state index contributed by atoms with van der Waals surface area (Å²) >= 11 is 0. The molecule has 0 atom stereocenters. The van der Waals surface area contributed by atoms with E-state index < -0.39 is 0 Å². The van der Waals surface area contributed by atoms with E-state index in [-0.39, 0.29) is 11.3 Å². The number of hydrogen-bond acceptors (Lipinski definition) is 4. The first-order chi connectivity index (χ1) is 12.2. The maximum atomic E-state index is 13.0. The van der Waals surface area contributed by atoms with Gasteiger partial charge in [-0.2, -0.15) is 5.26 Å². The molecule has 0 unspecified atom stereocenters. The Balaban J connectivity index is 1.65. The Hall–Kier alpha value is -2.06. The zero-order valence-electron chi connectivity index (χ0n) is 14.8. The SMILES string of the molecule is COc1ccc2c(c1)C1(CCN(CC#N)CC1)CN2C(=O)C1CCC1. The molecule has 2 aliphatic heterocycles. The van der Waals surface area contributed by atoms with Gasteiger partial charge < -0.3 is 9.64 Å². The Bertz CT molecular complexity index is 712. The Morgan fingerprint density at radius 3 is 2.72 bits per heavy atom. The maximum absolute atomic E-state index is 13.0. The van der Waals surface area contributed by atoms with Crippen LogP contribution in [0.5, 0.6) is 5.75 Å². The van der Waals surface area contributed by atoms with Gasteiger partial charge in [0.15, 0.2) is 0 Å². The minimum Gasteiger partial charge on any atom is -0.497 e. The van der Waals surface area contributed by atoms with E-state index >= 15 is 0 Å². The van der Waals surface area contributed by atoms with Gasteiger partial charge in [-0.3, -0.25) is 9.69 Å². The van der Waals surface area contributed by atoms with Gasteiger partial charge in [0, 0.05) is 36.7 Å². The number of benzene rings is 1. The summed E-state index contributed by atoms with van der Waals surface area (Å²) in [5.41, 5.74) is 2.34. The normalized spacial score (nSPS) is 22.3. The van der Waals surface area contributed by atoms with Crippen molar-refractivity contribution in [1.29, 1.82) is 5.26 Å². The molecule has 1 amide bonds. The molecule has 4 rings (SSSR count). The molecule has 2 heterocycles. The molecule has 1 saturated heterocycles. The molecule has 3 aliphatic rings. The number of carbonyl (C=O) groups excluding carboxylic acids is 1. The summed E-state index contributed by atoms with van der Waals surface area (Å²) in [4.78, 5) is 17.2. The molecule has 5 heteroatoms. The van der Waals surface area contributed by atoms with Gasteiger partial charge in [-0.05, 0) is 49.4 Å². The van der Waals surface area contributed by atoms with E-state index in [2.05, 4.69) is 23.1 Å². The highest BCUT2D eigenvalue weighted by Gasteiger charge is 2.47. The summed E-state index contributed by atoms with van der Waals surface area (Å²) in [6.45, 7) is 3.10. The fourth-order valence-electron chi connectivity index (χ4n) is 4.51. The van der Waals surface area contributed by atoms with E-state index in [4.69, 9.17) is 10.00 Å². The van der Waals surface area contributed by atoms with Gasteiger partial charge >= 0.3 is 0 Å².